The SMILES string of the molecule is O=S(=O)(NCCOc1ccc(F)cc1)c1ccccc1. The van der Waals surface area contributed by atoms with E-state index < -0.39 is 10.0 Å². The average molecular weight is 295 g/mol. The monoisotopic (exact) mass is 295 g/mol. The molecule has 0 saturated heterocycles. The van der Waals surface area contributed by atoms with Gasteiger partial charge in [-0.1, -0.05) is 18.2 Å². The second-order valence-corrected chi connectivity index (χ2v) is 5.78. The first-order valence-electron chi connectivity index (χ1n) is 6.01. The third-order valence-corrected chi connectivity index (χ3v) is 4.01. The van der Waals surface area contributed by atoms with Gasteiger partial charge >= 0.3 is 0 Å². The number of rotatable bonds is 6. The van der Waals surface area contributed by atoms with Gasteiger partial charge in [-0.25, -0.2) is 17.5 Å². The maximum Gasteiger partial charge on any atom is 0.240 e. The Morgan fingerprint density at radius 3 is 2.30 bits per heavy atom. The van der Waals surface area contributed by atoms with Gasteiger partial charge in [-0.3, -0.25) is 0 Å². The first kappa shape index (κ1) is 14.5. The van der Waals surface area contributed by atoms with Crippen LogP contribution in [0.4, 0.5) is 4.39 Å². The molecular weight excluding hydrogens is 281 g/mol. The van der Waals surface area contributed by atoms with Crippen LogP contribution in [-0.2, 0) is 10.0 Å². The third-order valence-electron chi connectivity index (χ3n) is 2.53. The molecule has 0 fully saturated rings. The molecule has 0 bridgehead atoms. The summed E-state index contributed by atoms with van der Waals surface area (Å²) >= 11 is 0. The minimum atomic E-state index is -3.51. The zero-order valence-corrected chi connectivity index (χ0v) is 11.4. The predicted molar refractivity (Wildman–Crippen MR) is 73.5 cm³/mol. The summed E-state index contributed by atoms with van der Waals surface area (Å²) in [6, 6.07) is 13.6. The maximum atomic E-state index is 12.7. The first-order valence-corrected chi connectivity index (χ1v) is 7.49. The number of sulfonamides is 1. The van der Waals surface area contributed by atoms with E-state index in [-0.39, 0.29) is 23.9 Å². The van der Waals surface area contributed by atoms with Crippen molar-refractivity contribution in [2.45, 2.75) is 4.90 Å². The van der Waals surface area contributed by atoms with Crippen molar-refractivity contribution in [2.24, 2.45) is 0 Å². The number of halogens is 1. The van der Waals surface area contributed by atoms with E-state index in [1.165, 1.54) is 36.4 Å². The Kier molecular flexibility index (Phi) is 4.70. The molecule has 0 saturated carbocycles. The van der Waals surface area contributed by atoms with Crippen molar-refractivity contribution in [3.63, 3.8) is 0 Å². The van der Waals surface area contributed by atoms with Crippen molar-refractivity contribution in [1.82, 2.24) is 4.72 Å². The van der Waals surface area contributed by atoms with Gasteiger partial charge in [0.05, 0.1) is 4.90 Å². The minimum Gasteiger partial charge on any atom is -0.492 e. The van der Waals surface area contributed by atoms with E-state index in [9.17, 15) is 12.8 Å². The smallest absolute Gasteiger partial charge is 0.240 e. The quantitative estimate of drug-likeness (QED) is 0.831. The number of hydrogen-bond donors (Lipinski definition) is 1. The summed E-state index contributed by atoms with van der Waals surface area (Å²) in [6.07, 6.45) is 0. The zero-order chi connectivity index (χ0) is 14.4. The topological polar surface area (TPSA) is 55.4 Å². The molecule has 2 aromatic carbocycles. The summed E-state index contributed by atoms with van der Waals surface area (Å²) in [5.41, 5.74) is 0. The number of hydrogen-bond acceptors (Lipinski definition) is 3. The van der Waals surface area contributed by atoms with E-state index in [0.29, 0.717) is 5.75 Å². The van der Waals surface area contributed by atoms with Crippen LogP contribution < -0.4 is 9.46 Å². The van der Waals surface area contributed by atoms with Crippen LogP contribution in [0, 0.1) is 5.82 Å². The van der Waals surface area contributed by atoms with Crippen molar-refractivity contribution in [1.29, 1.82) is 0 Å². The third kappa shape index (κ3) is 4.04. The molecule has 106 valence electrons. The second-order valence-electron chi connectivity index (χ2n) is 4.01. The first-order chi connectivity index (χ1) is 9.58. The standard InChI is InChI=1S/C14H14FNO3S/c15-12-6-8-13(9-7-12)19-11-10-16-20(17,18)14-4-2-1-3-5-14/h1-9,16H,10-11H2. The van der Waals surface area contributed by atoms with Crippen LogP contribution in [0.1, 0.15) is 0 Å². The van der Waals surface area contributed by atoms with E-state index in [1.807, 2.05) is 0 Å². The van der Waals surface area contributed by atoms with Gasteiger partial charge in [0.1, 0.15) is 18.2 Å². The van der Waals surface area contributed by atoms with Gasteiger partial charge in [0, 0.05) is 6.54 Å². The van der Waals surface area contributed by atoms with Crippen LogP contribution in [-0.4, -0.2) is 21.6 Å². The largest absolute Gasteiger partial charge is 0.492 e. The van der Waals surface area contributed by atoms with Gasteiger partial charge in [-0.2, -0.15) is 0 Å². The fourth-order valence-electron chi connectivity index (χ4n) is 1.56. The second kappa shape index (κ2) is 6.49. The lowest BCUT2D eigenvalue weighted by molar-refractivity contribution is 0.322. The summed E-state index contributed by atoms with van der Waals surface area (Å²) in [5, 5.41) is 0. The summed E-state index contributed by atoms with van der Waals surface area (Å²) in [7, 11) is -3.51. The Labute approximate surface area is 117 Å². The number of ether oxygens (including phenoxy) is 1. The Morgan fingerprint density at radius 2 is 1.65 bits per heavy atom. The van der Waals surface area contributed by atoms with Crippen molar-refractivity contribution in [3.05, 3.63) is 60.4 Å². The molecule has 0 aliphatic carbocycles. The maximum absolute atomic E-state index is 12.7. The van der Waals surface area contributed by atoms with Gasteiger partial charge in [-0.05, 0) is 36.4 Å². The van der Waals surface area contributed by atoms with E-state index >= 15 is 0 Å². The molecule has 20 heavy (non-hydrogen) atoms. The minimum absolute atomic E-state index is 0.134. The molecule has 0 atom stereocenters. The highest BCUT2D eigenvalue weighted by Crippen LogP contribution is 2.11. The fourth-order valence-corrected chi connectivity index (χ4v) is 2.59. The van der Waals surface area contributed by atoms with Crippen molar-refractivity contribution >= 4 is 10.0 Å². The molecule has 0 unspecified atom stereocenters. The molecule has 0 amide bonds. The van der Waals surface area contributed by atoms with Gasteiger partial charge in [0.15, 0.2) is 0 Å². The summed E-state index contributed by atoms with van der Waals surface area (Å²) in [4.78, 5) is 0.210. The summed E-state index contributed by atoms with van der Waals surface area (Å²) < 4.78 is 44.1. The van der Waals surface area contributed by atoms with Crippen LogP contribution in [0.5, 0.6) is 5.75 Å². The molecule has 1 N–H and O–H groups in total. The normalized spacial score (nSPS) is 11.2. The molecule has 0 aliphatic heterocycles. The van der Waals surface area contributed by atoms with Crippen molar-refractivity contribution < 1.29 is 17.5 Å². The highest BCUT2D eigenvalue weighted by Gasteiger charge is 2.11. The van der Waals surface area contributed by atoms with Crippen LogP contribution in [0.25, 0.3) is 0 Å². The lowest BCUT2D eigenvalue weighted by Gasteiger charge is -2.08. The zero-order valence-electron chi connectivity index (χ0n) is 10.6. The van der Waals surface area contributed by atoms with E-state index in [2.05, 4.69) is 4.72 Å². The Morgan fingerprint density at radius 1 is 1.00 bits per heavy atom. The van der Waals surface area contributed by atoms with E-state index in [4.69, 9.17) is 4.74 Å². The fraction of sp³-hybridized carbons (Fsp3) is 0.143. The Balaban J connectivity index is 1.83. The molecule has 0 aliphatic rings. The van der Waals surface area contributed by atoms with Gasteiger partial charge in [-0.15, -0.1) is 0 Å². The summed E-state index contributed by atoms with van der Waals surface area (Å²) in [5.74, 6) is 0.146. The van der Waals surface area contributed by atoms with Gasteiger partial charge in [0.2, 0.25) is 10.0 Å². The van der Waals surface area contributed by atoms with Gasteiger partial charge in [0.25, 0.3) is 0 Å². The van der Waals surface area contributed by atoms with Crippen LogP contribution in [0.3, 0.4) is 0 Å². The Hall–Kier alpha value is -1.92. The molecule has 4 nitrogen and oxygen atoms in total. The summed E-state index contributed by atoms with van der Waals surface area (Å²) in [6.45, 7) is 0.298. The molecule has 0 spiro atoms. The Bertz CT molecular complexity index is 642. The highest BCUT2D eigenvalue weighted by molar-refractivity contribution is 7.89. The lowest BCUT2D eigenvalue weighted by Crippen LogP contribution is -2.28. The van der Waals surface area contributed by atoms with E-state index in [0.717, 1.165) is 0 Å². The average Bonchev–Trinajstić information content (AvgIpc) is 2.46. The molecule has 2 aromatic rings. The molecule has 0 aromatic heterocycles. The van der Waals surface area contributed by atoms with Crippen LogP contribution in [0.15, 0.2) is 59.5 Å². The highest BCUT2D eigenvalue weighted by atomic mass is 32.2. The molecule has 2 rings (SSSR count). The van der Waals surface area contributed by atoms with E-state index in [1.54, 1.807) is 18.2 Å². The molecular formula is C14H14FNO3S. The lowest BCUT2D eigenvalue weighted by atomic mass is 10.3. The number of benzene rings is 2. The van der Waals surface area contributed by atoms with Crippen LogP contribution >= 0.6 is 0 Å². The predicted octanol–water partition coefficient (Wildman–Crippen LogP) is 2.18. The van der Waals surface area contributed by atoms with Crippen molar-refractivity contribution in [2.75, 3.05) is 13.2 Å². The van der Waals surface area contributed by atoms with Gasteiger partial charge < -0.3 is 4.74 Å². The molecule has 0 heterocycles. The number of nitrogens with one attached hydrogen (secondary N) is 1. The van der Waals surface area contributed by atoms with Crippen molar-refractivity contribution in [3.8, 4) is 5.75 Å². The molecule has 6 heteroatoms. The van der Waals surface area contributed by atoms with Crippen LogP contribution in [0.2, 0.25) is 0 Å². The molecule has 0 radical (unpaired) electrons.